The zero-order valence-corrected chi connectivity index (χ0v) is 51.2. The maximum atomic E-state index is 12.9. The fourth-order valence-corrected chi connectivity index (χ4v) is 9.77. The van der Waals surface area contributed by atoms with Gasteiger partial charge < -0.3 is 14.2 Å². The summed E-state index contributed by atoms with van der Waals surface area (Å²) < 4.78 is 16.9. The summed E-state index contributed by atoms with van der Waals surface area (Å²) in [5.74, 6) is -0.893. The molecule has 0 saturated heterocycles. The number of hydrogen-bond donors (Lipinski definition) is 0. The second kappa shape index (κ2) is 65.4. The van der Waals surface area contributed by atoms with Gasteiger partial charge in [-0.3, -0.25) is 14.4 Å². The van der Waals surface area contributed by atoms with E-state index in [9.17, 15) is 14.4 Å². The lowest BCUT2D eigenvalue weighted by molar-refractivity contribution is -0.167. The first kappa shape index (κ1) is 73.8. The highest BCUT2D eigenvalue weighted by Gasteiger charge is 2.19. The fourth-order valence-electron chi connectivity index (χ4n) is 9.77. The highest BCUT2D eigenvalue weighted by atomic mass is 16.6. The molecular formula is C71H126O6. The summed E-state index contributed by atoms with van der Waals surface area (Å²) >= 11 is 0. The maximum Gasteiger partial charge on any atom is 0.306 e. The highest BCUT2D eigenvalue weighted by molar-refractivity contribution is 5.71. The van der Waals surface area contributed by atoms with E-state index in [1.165, 1.54) is 180 Å². The van der Waals surface area contributed by atoms with Gasteiger partial charge in [0.15, 0.2) is 6.10 Å². The molecule has 0 amide bonds. The predicted octanol–water partition coefficient (Wildman–Crippen LogP) is 22.9. The molecule has 6 heteroatoms. The Hall–Kier alpha value is -3.15. The minimum atomic E-state index is -0.788. The van der Waals surface area contributed by atoms with Crippen LogP contribution >= 0.6 is 0 Å². The van der Waals surface area contributed by atoms with E-state index < -0.39 is 6.10 Å². The van der Waals surface area contributed by atoms with Crippen molar-refractivity contribution in [2.75, 3.05) is 13.2 Å². The Bertz CT molecular complexity index is 1420. The van der Waals surface area contributed by atoms with Crippen LogP contribution in [0.5, 0.6) is 0 Å². The molecule has 0 aliphatic heterocycles. The third kappa shape index (κ3) is 63.6. The average molecular weight is 1080 g/mol. The zero-order valence-electron chi connectivity index (χ0n) is 51.2. The molecule has 0 aliphatic rings. The number of rotatable bonds is 61. The zero-order chi connectivity index (χ0) is 55.7. The minimum absolute atomic E-state index is 0.0824. The first-order valence-electron chi connectivity index (χ1n) is 33.4. The van der Waals surface area contributed by atoms with Gasteiger partial charge in [-0.15, -0.1) is 0 Å². The first-order valence-corrected chi connectivity index (χ1v) is 33.4. The number of carbonyl (C=O) groups excluding carboxylic acids is 3. The smallest absolute Gasteiger partial charge is 0.306 e. The van der Waals surface area contributed by atoms with Gasteiger partial charge in [0.1, 0.15) is 13.2 Å². The van der Waals surface area contributed by atoms with Crippen molar-refractivity contribution in [2.45, 2.75) is 348 Å². The largest absolute Gasteiger partial charge is 0.462 e. The van der Waals surface area contributed by atoms with Crippen LogP contribution in [-0.4, -0.2) is 37.2 Å². The van der Waals surface area contributed by atoms with Gasteiger partial charge in [-0.25, -0.2) is 0 Å². The van der Waals surface area contributed by atoms with Crippen LogP contribution in [0, 0.1) is 0 Å². The van der Waals surface area contributed by atoms with Crippen LogP contribution in [0.3, 0.4) is 0 Å². The molecule has 0 aromatic rings. The maximum absolute atomic E-state index is 12.9. The van der Waals surface area contributed by atoms with Crippen LogP contribution in [0.25, 0.3) is 0 Å². The minimum Gasteiger partial charge on any atom is -0.462 e. The molecule has 0 fully saturated rings. The summed E-state index contributed by atoms with van der Waals surface area (Å²) in [5, 5.41) is 0. The van der Waals surface area contributed by atoms with E-state index in [-0.39, 0.29) is 31.1 Å². The van der Waals surface area contributed by atoms with Crippen molar-refractivity contribution in [2.24, 2.45) is 0 Å². The molecule has 0 heterocycles. The van der Waals surface area contributed by atoms with E-state index >= 15 is 0 Å². The lowest BCUT2D eigenvalue weighted by Crippen LogP contribution is -2.30. The molecule has 0 rings (SSSR count). The Balaban J connectivity index is 4.26. The van der Waals surface area contributed by atoms with Gasteiger partial charge in [0.2, 0.25) is 0 Å². The highest BCUT2D eigenvalue weighted by Crippen LogP contribution is 2.18. The Labute approximate surface area is 478 Å². The summed E-state index contributed by atoms with van der Waals surface area (Å²) in [6.07, 6.45) is 85.0. The number of unbranched alkanes of at least 4 members (excludes halogenated alkanes) is 38. The number of esters is 3. The Morgan fingerprint density at radius 1 is 0.273 bits per heavy atom. The number of allylic oxidation sites excluding steroid dienone is 12. The second-order valence-electron chi connectivity index (χ2n) is 22.3. The molecule has 1 unspecified atom stereocenters. The average Bonchev–Trinajstić information content (AvgIpc) is 3.43. The van der Waals surface area contributed by atoms with E-state index in [0.717, 1.165) is 122 Å². The first-order chi connectivity index (χ1) is 38.0. The molecule has 0 spiro atoms. The molecular weight excluding hydrogens is 949 g/mol. The van der Waals surface area contributed by atoms with Crippen LogP contribution < -0.4 is 0 Å². The van der Waals surface area contributed by atoms with Crippen molar-refractivity contribution in [3.8, 4) is 0 Å². The monoisotopic (exact) mass is 1070 g/mol. The van der Waals surface area contributed by atoms with Crippen molar-refractivity contribution in [1.82, 2.24) is 0 Å². The van der Waals surface area contributed by atoms with Crippen LogP contribution in [0.2, 0.25) is 0 Å². The molecule has 0 aromatic carbocycles. The number of hydrogen-bond acceptors (Lipinski definition) is 6. The van der Waals surface area contributed by atoms with Gasteiger partial charge in [0.25, 0.3) is 0 Å². The third-order valence-corrected chi connectivity index (χ3v) is 14.7. The Kier molecular flexibility index (Phi) is 62.7. The van der Waals surface area contributed by atoms with Crippen molar-refractivity contribution >= 4 is 17.9 Å². The van der Waals surface area contributed by atoms with Crippen LogP contribution in [0.4, 0.5) is 0 Å². The van der Waals surface area contributed by atoms with Gasteiger partial charge >= 0.3 is 17.9 Å². The van der Waals surface area contributed by atoms with E-state index in [2.05, 4.69) is 93.7 Å². The molecule has 0 bridgehead atoms. The molecule has 1 atom stereocenters. The molecule has 0 aromatic heterocycles. The van der Waals surface area contributed by atoms with E-state index in [0.29, 0.717) is 19.3 Å². The Morgan fingerprint density at radius 2 is 0.506 bits per heavy atom. The fraction of sp³-hybridized carbons (Fsp3) is 0.789. The van der Waals surface area contributed by atoms with Crippen LogP contribution in [0.1, 0.15) is 342 Å². The normalized spacial score (nSPS) is 12.5. The van der Waals surface area contributed by atoms with Crippen LogP contribution in [-0.2, 0) is 28.6 Å². The third-order valence-electron chi connectivity index (χ3n) is 14.7. The van der Waals surface area contributed by atoms with Crippen LogP contribution in [0.15, 0.2) is 72.9 Å². The summed E-state index contributed by atoms with van der Waals surface area (Å²) in [7, 11) is 0. The van der Waals surface area contributed by atoms with E-state index in [1.807, 2.05) is 0 Å². The summed E-state index contributed by atoms with van der Waals surface area (Å²) in [5.41, 5.74) is 0. The summed E-state index contributed by atoms with van der Waals surface area (Å²) in [4.78, 5) is 38.3. The molecule has 0 N–H and O–H groups in total. The van der Waals surface area contributed by atoms with Gasteiger partial charge in [-0.2, -0.15) is 0 Å². The van der Waals surface area contributed by atoms with E-state index in [1.54, 1.807) is 0 Å². The lowest BCUT2D eigenvalue weighted by atomic mass is 10.0. The standard InChI is InChI=1S/C71H126O6/c1-4-7-10-13-16-19-22-25-28-30-31-32-33-34-35-36-37-38-39-41-43-46-49-52-55-58-61-64-70(73)76-67-68(66-75-69(72)63-60-57-54-51-48-45-42-27-24-21-18-15-12-9-6-3)77-71(74)65-62-59-56-53-50-47-44-40-29-26-23-20-17-14-11-8-5-2/h8-9,11-12,17-18,20-21,26-27,29,42,68H,4-7,10,13-16,19,22-25,28,30-41,43-67H2,1-3H3/b11-8-,12-9-,20-17-,21-18-,29-26-,42-27-. The molecule has 6 nitrogen and oxygen atoms in total. The molecule has 446 valence electrons. The van der Waals surface area contributed by atoms with Crippen molar-refractivity contribution in [3.63, 3.8) is 0 Å². The molecule has 0 radical (unpaired) electrons. The number of carbonyl (C=O) groups is 3. The second-order valence-corrected chi connectivity index (χ2v) is 22.3. The molecule has 77 heavy (non-hydrogen) atoms. The summed E-state index contributed by atoms with van der Waals surface area (Å²) in [6, 6.07) is 0. The van der Waals surface area contributed by atoms with E-state index in [4.69, 9.17) is 14.2 Å². The predicted molar refractivity (Wildman–Crippen MR) is 335 cm³/mol. The topological polar surface area (TPSA) is 78.9 Å². The van der Waals surface area contributed by atoms with Crippen molar-refractivity contribution < 1.29 is 28.6 Å². The summed E-state index contributed by atoms with van der Waals surface area (Å²) in [6.45, 7) is 6.44. The van der Waals surface area contributed by atoms with Crippen molar-refractivity contribution in [1.29, 1.82) is 0 Å². The molecule has 0 aliphatic carbocycles. The Morgan fingerprint density at radius 3 is 0.792 bits per heavy atom. The SMILES string of the molecule is CC/C=C\C/C=C\C/C=C\CCCCCCCCCC(=O)OC(COC(=O)CCCCCCC/C=C\C/C=C\C/C=C\CC)COC(=O)CCCCCCCCCCCCCCCCCCCCCCCCCCCCC. The lowest BCUT2D eigenvalue weighted by Gasteiger charge is -2.18. The molecule has 0 saturated carbocycles. The van der Waals surface area contributed by atoms with Gasteiger partial charge in [0, 0.05) is 19.3 Å². The number of ether oxygens (including phenoxy) is 3. The van der Waals surface area contributed by atoms with Crippen molar-refractivity contribution in [3.05, 3.63) is 72.9 Å². The van der Waals surface area contributed by atoms with Gasteiger partial charge in [-0.05, 0) is 83.5 Å². The quantitative estimate of drug-likeness (QED) is 0.0261. The van der Waals surface area contributed by atoms with Gasteiger partial charge in [-0.1, -0.05) is 312 Å². The van der Waals surface area contributed by atoms with Gasteiger partial charge in [0.05, 0.1) is 0 Å².